The zero-order valence-corrected chi connectivity index (χ0v) is 20.7. The maximum atomic E-state index is 10.5. The molecule has 0 spiro atoms. The molecule has 0 aliphatic heterocycles. The monoisotopic (exact) mass is 428 g/mol. The number of aliphatic hydroxyl groups is 1. The number of rotatable bonds is 23. The molecule has 0 aliphatic carbocycles. The molecule has 1 unspecified atom stereocenters. The van der Waals surface area contributed by atoms with Crippen molar-refractivity contribution in [3.63, 3.8) is 0 Å². The predicted molar refractivity (Wildman–Crippen MR) is 129 cm³/mol. The van der Waals surface area contributed by atoms with E-state index in [1.807, 2.05) is 0 Å². The molecular weight excluding hydrogens is 374 g/mol. The lowest BCUT2D eigenvalue weighted by molar-refractivity contribution is -0.893. The van der Waals surface area contributed by atoms with E-state index in [9.17, 15) is 9.90 Å². The van der Waals surface area contributed by atoms with E-state index in [2.05, 4.69) is 21.0 Å². The third-order valence-electron chi connectivity index (χ3n) is 6.25. The van der Waals surface area contributed by atoms with Crippen molar-refractivity contribution in [2.45, 2.75) is 135 Å². The van der Waals surface area contributed by atoms with Crippen molar-refractivity contribution >= 4 is 5.97 Å². The molecule has 0 saturated carbocycles. The minimum absolute atomic E-state index is 0.195. The normalized spacial score (nSPS) is 12.9. The number of aliphatic hydroxyl groups excluding tert-OH is 1. The summed E-state index contributed by atoms with van der Waals surface area (Å²) in [5.41, 5.74) is 0. The predicted octanol–water partition coefficient (Wildman–Crippen LogP) is 6.94. The van der Waals surface area contributed by atoms with E-state index in [-0.39, 0.29) is 12.5 Å². The molecule has 1 atom stereocenters. The van der Waals surface area contributed by atoms with Gasteiger partial charge in [-0.25, -0.2) is 0 Å². The Bertz CT molecular complexity index is 384. The van der Waals surface area contributed by atoms with Crippen molar-refractivity contribution in [3.8, 4) is 0 Å². The van der Waals surface area contributed by atoms with Crippen LogP contribution in [0.25, 0.3) is 0 Å². The Hall–Kier alpha value is -0.610. The van der Waals surface area contributed by atoms with Gasteiger partial charge in [-0.05, 0) is 25.7 Å². The van der Waals surface area contributed by atoms with Gasteiger partial charge in [0, 0.05) is 6.42 Å². The molecule has 0 radical (unpaired) electrons. The number of hydrogen-bond donors (Lipinski definition) is 2. The summed E-state index contributed by atoms with van der Waals surface area (Å²) < 4.78 is 0.860. The van der Waals surface area contributed by atoms with E-state index in [1.165, 1.54) is 77.0 Å². The molecule has 0 heterocycles. The molecule has 2 N–H and O–H groups in total. The minimum atomic E-state index is -0.692. The molecule has 0 rings (SSSR count). The van der Waals surface area contributed by atoms with Crippen molar-refractivity contribution in [2.75, 3.05) is 27.2 Å². The minimum Gasteiger partial charge on any atom is -0.481 e. The number of carbonyl (C=O) groups is 1. The molecule has 0 aromatic heterocycles. The second kappa shape index (κ2) is 20.3. The fraction of sp³-hybridized carbons (Fsp3) is 0.962. The van der Waals surface area contributed by atoms with Gasteiger partial charge in [0.15, 0.2) is 0 Å². The van der Waals surface area contributed by atoms with Crippen LogP contribution in [0.1, 0.15) is 129 Å². The van der Waals surface area contributed by atoms with Crippen LogP contribution in [0, 0.1) is 0 Å². The summed E-state index contributed by atoms with van der Waals surface area (Å²) in [7, 11) is 4.40. The Morgan fingerprint density at radius 3 is 1.63 bits per heavy atom. The molecule has 30 heavy (non-hydrogen) atoms. The molecule has 0 saturated heterocycles. The van der Waals surface area contributed by atoms with Crippen molar-refractivity contribution in [1.29, 1.82) is 0 Å². The summed E-state index contributed by atoms with van der Waals surface area (Å²) in [6.07, 6.45) is 22.7. The first-order valence-electron chi connectivity index (χ1n) is 13.1. The maximum absolute atomic E-state index is 10.5. The van der Waals surface area contributed by atoms with E-state index in [0.29, 0.717) is 0 Å². The molecule has 0 bridgehead atoms. The summed E-state index contributed by atoms with van der Waals surface area (Å²) in [4.78, 5) is 10.5. The highest BCUT2D eigenvalue weighted by atomic mass is 16.4. The maximum Gasteiger partial charge on any atom is 0.303 e. The van der Waals surface area contributed by atoms with Crippen LogP contribution in [0.5, 0.6) is 0 Å². The molecular formula is C26H54NO3+. The van der Waals surface area contributed by atoms with E-state index < -0.39 is 5.97 Å². The zero-order chi connectivity index (χ0) is 22.5. The van der Waals surface area contributed by atoms with Gasteiger partial charge in [-0.2, -0.15) is 0 Å². The summed E-state index contributed by atoms with van der Waals surface area (Å²) in [5, 5.41) is 19.0. The van der Waals surface area contributed by atoms with Gasteiger partial charge < -0.3 is 14.7 Å². The van der Waals surface area contributed by atoms with Crippen LogP contribution in [-0.2, 0) is 4.79 Å². The van der Waals surface area contributed by atoms with Crippen LogP contribution in [0.15, 0.2) is 0 Å². The van der Waals surface area contributed by atoms with E-state index in [1.54, 1.807) is 0 Å². The Balaban J connectivity index is 3.46. The quantitative estimate of drug-likeness (QED) is 0.137. The molecule has 0 aromatic carbocycles. The Kier molecular flexibility index (Phi) is 19.9. The highest BCUT2D eigenvalue weighted by molar-refractivity contribution is 5.66. The first-order chi connectivity index (χ1) is 14.4. The van der Waals surface area contributed by atoms with Gasteiger partial charge in [-0.3, -0.25) is 4.79 Å². The van der Waals surface area contributed by atoms with Gasteiger partial charge in [-0.15, -0.1) is 0 Å². The topological polar surface area (TPSA) is 57.5 Å². The largest absolute Gasteiger partial charge is 0.481 e. The summed E-state index contributed by atoms with van der Waals surface area (Å²) in [6, 6.07) is 0. The molecule has 0 aliphatic rings. The zero-order valence-electron chi connectivity index (χ0n) is 20.7. The van der Waals surface area contributed by atoms with E-state index in [4.69, 9.17) is 5.11 Å². The van der Waals surface area contributed by atoms with Gasteiger partial charge in [0.2, 0.25) is 0 Å². The molecule has 0 fully saturated rings. The number of nitrogens with zero attached hydrogens (tertiary/aromatic N) is 1. The molecule has 180 valence electrons. The van der Waals surface area contributed by atoms with Crippen LogP contribution < -0.4 is 0 Å². The van der Waals surface area contributed by atoms with Crippen LogP contribution in [-0.4, -0.2) is 54.0 Å². The van der Waals surface area contributed by atoms with Crippen LogP contribution in [0.2, 0.25) is 0 Å². The number of aliphatic carboxylic acids is 1. The summed E-state index contributed by atoms with van der Waals surface area (Å²) >= 11 is 0. The standard InChI is InChI=1S/C26H53NO3/c1-4-5-6-7-8-9-10-11-12-13-14-15-18-21-25(28)24-27(2,3)23-20-17-16-19-22-26(29)30/h25,28H,4-24H2,1-3H3/p+1. The Morgan fingerprint density at radius 2 is 1.13 bits per heavy atom. The number of likely N-dealkylation sites (N-methyl/N-ethyl adjacent to an activating group) is 1. The lowest BCUT2D eigenvalue weighted by Crippen LogP contribution is -2.45. The van der Waals surface area contributed by atoms with Gasteiger partial charge >= 0.3 is 5.97 Å². The fourth-order valence-corrected chi connectivity index (χ4v) is 4.32. The highest BCUT2D eigenvalue weighted by Gasteiger charge is 2.19. The summed E-state index contributed by atoms with van der Waals surface area (Å²) in [5.74, 6) is -0.692. The average molecular weight is 429 g/mol. The lowest BCUT2D eigenvalue weighted by Gasteiger charge is -2.32. The van der Waals surface area contributed by atoms with E-state index >= 15 is 0 Å². The second-order valence-electron chi connectivity index (χ2n) is 10.1. The Morgan fingerprint density at radius 1 is 0.700 bits per heavy atom. The third-order valence-corrected chi connectivity index (χ3v) is 6.25. The molecule has 4 nitrogen and oxygen atoms in total. The van der Waals surface area contributed by atoms with Crippen molar-refractivity contribution < 1.29 is 19.5 Å². The SMILES string of the molecule is CCCCCCCCCCCCCCCC(O)C[N+](C)(C)CCCCCCC(=O)O. The molecule has 4 heteroatoms. The molecule has 0 aromatic rings. The van der Waals surface area contributed by atoms with Crippen LogP contribution in [0.3, 0.4) is 0 Å². The van der Waals surface area contributed by atoms with Crippen molar-refractivity contribution in [1.82, 2.24) is 0 Å². The van der Waals surface area contributed by atoms with Crippen LogP contribution >= 0.6 is 0 Å². The smallest absolute Gasteiger partial charge is 0.303 e. The second-order valence-corrected chi connectivity index (χ2v) is 10.1. The Labute approximate surface area is 188 Å². The lowest BCUT2D eigenvalue weighted by atomic mass is 10.0. The first kappa shape index (κ1) is 29.4. The number of carboxylic acid groups (broad SMARTS) is 1. The molecule has 0 amide bonds. The van der Waals surface area contributed by atoms with Crippen molar-refractivity contribution in [3.05, 3.63) is 0 Å². The van der Waals surface area contributed by atoms with Crippen LogP contribution in [0.4, 0.5) is 0 Å². The number of quaternary nitrogens is 1. The number of carboxylic acids is 1. The highest BCUT2D eigenvalue weighted by Crippen LogP contribution is 2.15. The first-order valence-corrected chi connectivity index (χ1v) is 13.1. The van der Waals surface area contributed by atoms with Gasteiger partial charge in [0.25, 0.3) is 0 Å². The number of hydrogen-bond acceptors (Lipinski definition) is 2. The average Bonchev–Trinajstić information content (AvgIpc) is 2.67. The van der Waals surface area contributed by atoms with Crippen molar-refractivity contribution in [2.24, 2.45) is 0 Å². The third kappa shape index (κ3) is 22.1. The van der Waals surface area contributed by atoms with Gasteiger partial charge in [0.1, 0.15) is 12.6 Å². The number of unbranched alkanes of at least 4 members (excludes halogenated alkanes) is 15. The van der Waals surface area contributed by atoms with E-state index in [0.717, 1.165) is 56.1 Å². The summed E-state index contributed by atoms with van der Waals surface area (Å²) in [6.45, 7) is 4.16. The fourth-order valence-electron chi connectivity index (χ4n) is 4.32. The van der Waals surface area contributed by atoms with Gasteiger partial charge in [0.05, 0.1) is 20.6 Å². The van der Waals surface area contributed by atoms with Gasteiger partial charge in [-0.1, -0.05) is 96.8 Å².